The molecular formula is C23H29Cl2N5O3. The number of nitrogens with zero attached hydrogens (tertiary/aromatic N) is 4. The Balaban J connectivity index is 1.61. The van der Waals surface area contributed by atoms with Crippen LogP contribution >= 0.6 is 23.2 Å². The van der Waals surface area contributed by atoms with E-state index in [-0.39, 0.29) is 6.04 Å². The first-order chi connectivity index (χ1) is 15.9. The van der Waals surface area contributed by atoms with E-state index in [1.54, 1.807) is 18.2 Å². The zero-order chi connectivity index (χ0) is 24.0. The molecule has 0 fully saturated rings. The molecule has 2 aromatic heterocycles. The van der Waals surface area contributed by atoms with Crippen LogP contribution in [0.3, 0.4) is 0 Å². The van der Waals surface area contributed by atoms with Gasteiger partial charge in [0.25, 0.3) is 0 Å². The zero-order valence-corrected chi connectivity index (χ0v) is 20.8. The number of rotatable bonds is 11. The standard InChI is InChI=1S/C23H29Cl2N5O3/c1-5-17(26-2)18-13-21-27-20(25)14-22(30(21)28-18)29(3)10-6-7-11-33-19-9-8-15(24)12-16(19)23(31)32-4/h8-9,12-14,17,26H,5-7,10-11H2,1-4H3/t17-/m0/s1. The van der Waals surface area contributed by atoms with Crippen LogP contribution < -0.4 is 15.0 Å². The number of anilines is 1. The van der Waals surface area contributed by atoms with E-state index < -0.39 is 5.97 Å². The molecule has 0 bridgehead atoms. The lowest BCUT2D eigenvalue weighted by Gasteiger charge is -2.20. The molecule has 2 heterocycles. The highest BCUT2D eigenvalue weighted by Gasteiger charge is 2.17. The van der Waals surface area contributed by atoms with Crippen LogP contribution in [0.1, 0.15) is 48.3 Å². The van der Waals surface area contributed by atoms with Crippen molar-refractivity contribution in [3.63, 3.8) is 0 Å². The second-order valence-electron chi connectivity index (χ2n) is 7.63. The first-order valence-electron chi connectivity index (χ1n) is 10.8. The van der Waals surface area contributed by atoms with E-state index in [4.69, 9.17) is 37.8 Å². The van der Waals surface area contributed by atoms with Crippen LogP contribution in [0.4, 0.5) is 5.82 Å². The molecule has 0 saturated carbocycles. The summed E-state index contributed by atoms with van der Waals surface area (Å²) in [6.45, 7) is 3.33. The minimum Gasteiger partial charge on any atom is -0.493 e. The monoisotopic (exact) mass is 493 g/mol. The van der Waals surface area contributed by atoms with Crippen molar-refractivity contribution in [3.8, 4) is 5.75 Å². The minimum absolute atomic E-state index is 0.156. The molecule has 3 aromatic rings. The summed E-state index contributed by atoms with van der Waals surface area (Å²) in [5.41, 5.74) is 1.97. The molecule has 0 aliphatic carbocycles. The Kier molecular flexibility index (Phi) is 8.77. The Labute approximate surface area is 203 Å². The number of esters is 1. The largest absolute Gasteiger partial charge is 0.493 e. The van der Waals surface area contributed by atoms with Gasteiger partial charge < -0.3 is 19.7 Å². The average molecular weight is 494 g/mol. The fraction of sp³-hybridized carbons (Fsp3) is 0.435. The first kappa shape index (κ1) is 25.1. The van der Waals surface area contributed by atoms with Crippen molar-refractivity contribution in [3.05, 3.63) is 51.8 Å². The van der Waals surface area contributed by atoms with Crippen molar-refractivity contribution < 1.29 is 14.3 Å². The molecule has 0 aliphatic rings. The number of fused-ring (bicyclic) bond motifs is 1. The third kappa shape index (κ3) is 6.07. The molecule has 1 aromatic carbocycles. The van der Waals surface area contributed by atoms with E-state index in [0.717, 1.165) is 43.0 Å². The Morgan fingerprint density at radius 1 is 1.24 bits per heavy atom. The summed E-state index contributed by atoms with van der Waals surface area (Å²) in [5.74, 6) is 0.850. The molecule has 10 heteroatoms. The molecule has 1 N–H and O–H groups in total. The predicted octanol–water partition coefficient (Wildman–Crippen LogP) is 4.79. The van der Waals surface area contributed by atoms with Crippen LogP contribution in [-0.4, -0.2) is 54.9 Å². The van der Waals surface area contributed by atoms with Crippen molar-refractivity contribution in [2.75, 3.05) is 39.3 Å². The number of halogens is 2. The van der Waals surface area contributed by atoms with Gasteiger partial charge in [0.05, 0.1) is 25.5 Å². The third-order valence-corrected chi connectivity index (χ3v) is 5.82. The molecule has 1 atom stereocenters. The van der Waals surface area contributed by atoms with Crippen LogP contribution in [0.15, 0.2) is 30.3 Å². The Bertz CT molecular complexity index is 1100. The van der Waals surface area contributed by atoms with Gasteiger partial charge in [0.2, 0.25) is 0 Å². The number of carbonyl (C=O) groups is 1. The van der Waals surface area contributed by atoms with Gasteiger partial charge in [-0.15, -0.1) is 0 Å². The maximum Gasteiger partial charge on any atom is 0.341 e. The first-order valence-corrected chi connectivity index (χ1v) is 11.6. The second-order valence-corrected chi connectivity index (χ2v) is 8.46. The number of methoxy groups -OCH3 is 1. The van der Waals surface area contributed by atoms with Crippen LogP contribution in [-0.2, 0) is 4.74 Å². The maximum atomic E-state index is 11.9. The fourth-order valence-electron chi connectivity index (χ4n) is 3.60. The summed E-state index contributed by atoms with van der Waals surface area (Å²) in [6.07, 6.45) is 2.57. The minimum atomic E-state index is -0.479. The molecule has 0 saturated heterocycles. The normalized spacial score (nSPS) is 12.1. The lowest BCUT2D eigenvalue weighted by atomic mass is 10.1. The third-order valence-electron chi connectivity index (χ3n) is 5.39. The average Bonchev–Trinajstić information content (AvgIpc) is 3.22. The molecule has 8 nitrogen and oxygen atoms in total. The number of nitrogens with one attached hydrogen (secondary N) is 1. The molecule has 33 heavy (non-hydrogen) atoms. The van der Waals surface area contributed by atoms with Crippen molar-refractivity contribution in [1.82, 2.24) is 19.9 Å². The van der Waals surface area contributed by atoms with Gasteiger partial charge in [0.1, 0.15) is 22.3 Å². The molecule has 0 aliphatic heterocycles. The number of hydrogen-bond donors (Lipinski definition) is 1. The van der Waals surface area contributed by atoms with Gasteiger partial charge in [0, 0.05) is 30.7 Å². The van der Waals surface area contributed by atoms with Crippen molar-refractivity contribution in [2.24, 2.45) is 0 Å². The predicted molar refractivity (Wildman–Crippen MR) is 131 cm³/mol. The summed E-state index contributed by atoms with van der Waals surface area (Å²) in [7, 11) is 5.25. The number of carbonyl (C=O) groups excluding carboxylic acids is 1. The van der Waals surface area contributed by atoms with Crippen LogP contribution in [0, 0.1) is 0 Å². The highest BCUT2D eigenvalue weighted by atomic mass is 35.5. The van der Waals surface area contributed by atoms with Gasteiger partial charge in [-0.3, -0.25) is 0 Å². The van der Waals surface area contributed by atoms with E-state index in [2.05, 4.69) is 22.1 Å². The lowest BCUT2D eigenvalue weighted by molar-refractivity contribution is 0.0596. The topological polar surface area (TPSA) is 81.0 Å². The highest BCUT2D eigenvalue weighted by Crippen LogP contribution is 2.25. The summed E-state index contributed by atoms with van der Waals surface area (Å²) in [6, 6.07) is 8.85. The molecule has 178 valence electrons. The van der Waals surface area contributed by atoms with E-state index in [9.17, 15) is 4.79 Å². The van der Waals surface area contributed by atoms with Crippen LogP contribution in [0.25, 0.3) is 5.65 Å². The Morgan fingerprint density at radius 2 is 2.03 bits per heavy atom. The number of benzene rings is 1. The number of aromatic nitrogens is 3. The molecule has 0 amide bonds. The van der Waals surface area contributed by atoms with Gasteiger partial charge in [-0.25, -0.2) is 9.78 Å². The fourth-order valence-corrected chi connectivity index (χ4v) is 3.95. The lowest BCUT2D eigenvalue weighted by Crippen LogP contribution is -2.22. The SMILES string of the molecule is CC[C@H](NC)c1cc2nc(Cl)cc(N(C)CCCCOc3ccc(Cl)cc3C(=O)OC)n2n1. The summed E-state index contributed by atoms with van der Waals surface area (Å²) < 4.78 is 12.4. The van der Waals surface area contributed by atoms with Crippen molar-refractivity contribution >= 4 is 40.6 Å². The van der Waals surface area contributed by atoms with Gasteiger partial charge >= 0.3 is 5.97 Å². The van der Waals surface area contributed by atoms with E-state index in [0.29, 0.717) is 28.1 Å². The van der Waals surface area contributed by atoms with Gasteiger partial charge in [0.15, 0.2) is 5.65 Å². The molecule has 0 spiro atoms. The summed E-state index contributed by atoms with van der Waals surface area (Å²) >= 11 is 12.3. The summed E-state index contributed by atoms with van der Waals surface area (Å²) in [5, 5.41) is 8.90. The van der Waals surface area contributed by atoms with Crippen molar-refractivity contribution in [2.45, 2.75) is 32.2 Å². The number of unbranched alkanes of at least 4 members (excludes halogenated alkanes) is 1. The molecule has 0 radical (unpaired) electrons. The van der Waals surface area contributed by atoms with Gasteiger partial charge in [-0.1, -0.05) is 30.1 Å². The van der Waals surface area contributed by atoms with E-state index in [1.807, 2.05) is 30.7 Å². The molecular weight excluding hydrogens is 465 g/mol. The quantitative estimate of drug-likeness (QED) is 0.233. The van der Waals surface area contributed by atoms with E-state index in [1.165, 1.54) is 7.11 Å². The zero-order valence-electron chi connectivity index (χ0n) is 19.3. The van der Waals surface area contributed by atoms with E-state index >= 15 is 0 Å². The highest BCUT2D eigenvalue weighted by molar-refractivity contribution is 6.31. The number of ether oxygens (including phenoxy) is 2. The maximum absolute atomic E-state index is 11.9. The van der Waals surface area contributed by atoms with Gasteiger partial charge in [-0.2, -0.15) is 9.61 Å². The number of hydrogen-bond acceptors (Lipinski definition) is 7. The Hall–Kier alpha value is -2.55. The second kappa shape index (κ2) is 11.5. The summed E-state index contributed by atoms with van der Waals surface area (Å²) in [4.78, 5) is 18.5. The molecule has 0 unspecified atom stereocenters. The smallest absolute Gasteiger partial charge is 0.341 e. The van der Waals surface area contributed by atoms with Crippen molar-refractivity contribution in [1.29, 1.82) is 0 Å². The van der Waals surface area contributed by atoms with Crippen LogP contribution in [0.5, 0.6) is 5.75 Å². The van der Waals surface area contributed by atoms with Crippen LogP contribution in [0.2, 0.25) is 10.2 Å². The van der Waals surface area contributed by atoms with Gasteiger partial charge in [-0.05, 0) is 44.5 Å². The molecule has 3 rings (SSSR count). The Morgan fingerprint density at radius 3 is 2.73 bits per heavy atom.